The molecule has 0 saturated carbocycles. The Hall–Kier alpha value is -3.62. The fourth-order valence-electron chi connectivity index (χ4n) is 3.55. The van der Waals surface area contributed by atoms with E-state index in [1.54, 1.807) is 37.3 Å². The van der Waals surface area contributed by atoms with E-state index in [0.717, 1.165) is 10.5 Å². The van der Waals surface area contributed by atoms with Crippen molar-refractivity contribution in [3.63, 3.8) is 0 Å². The zero-order chi connectivity index (χ0) is 22.6. The van der Waals surface area contributed by atoms with E-state index < -0.39 is 24.2 Å². The molecule has 31 heavy (non-hydrogen) atoms. The van der Waals surface area contributed by atoms with Crippen LogP contribution in [0.5, 0.6) is 23.0 Å². The van der Waals surface area contributed by atoms with Gasteiger partial charge in [0, 0.05) is 5.56 Å². The lowest BCUT2D eigenvalue weighted by molar-refractivity contribution is -0.137. The van der Waals surface area contributed by atoms with Gasteiger partial charge in [-0.25, -0.2) is 4.79 Å². The molecule has 1 fully saturated rings. The second-order valence-corrected chi connectivity index (χ2v) is 7.17. The number of carbonyl (C=O) groups is 2. The number of benzene rings is 2. The highest BCUT2D eigenvalue weighted by Gasteiger charge is 2.45. The average molecular weight is 431 g/mol. The number of methoxy groups -OCH3 is 3. The first kappa shape index (κ1) is 22.1. The van der Waals surface area contributed by atoms with Crippen LogP contribution in [0.4, 0.5) is 4.79 Å². The third-order valence-electron chi connectivity index (χ3n) is 4.97. The fraction of sp³-hybridized carbons (Fsp3) is 0.364. The van der Waals surface area contributed by atoms with Crippen molar-refractivity contribution < 1.29 is 38.4 Å². The number of hydrogen-bond donors (Lipinski definition) is 1. The topological polar surface area (TPSA) is 104 Å². The van der Waals surface area contributed by atoms with Gasteiger partial charge in [-0.15, -0.1) is 0 Å². The first-order chi connectivity index (χ1) is 14.8. The second kappa shape index (κ2) is 9.03. The van der Waals surface area contributed by atoms with Crippen molar-refractivity contribution in [2.24, 2.45) is 0 Å². The van der Waals surface area contributed by atoms with Gasteiger partial charge in [-0.2, -0.15) is 0 Å². The molecule has 1 amide bonds. The van der Waals surface area contributed by atoms with E-state index >= 15 is 0 Å². The molecule has 0 bridgehead atoms. The van der Waals surface area contributed by atoms with Crippen LogP contribution in [0.1, 0.15) is 18.1 Å². The number of nitrogens with zero attached hydrogens (tertiary/aromatic N) is 1. The molecule has 1 aliphatic rings. The molecular weight excluding hydrogens is 406 g/mol. The maximum atomic E-state index is 12.2. The monoisotopic (exact) mass is 431 g/mol. The number of para-hydroxylation sites is 1. The summed E-state index contributed by atoms with van der Waals surface area (Å²) in [6, 6.07) is 10.8. The number of amides is 1. The molecule has 9 heteroatoms. The van der Waals surface area contributed by atoms with Crippen LogP contribution in [-0.4, -0.2) is 56.5 Å². The van der Waals surface area contributed by atoms with E-state index in [2.05, 4.69) is 0 Å². The van der Waals surface area contributed by atoms with Gasteiger partial charge in [0.25, 0.3) is 0 Å². The second-order valence-electron chi connectivity index (χ2n) is 7.17. The van der Waals surface area contributed by atoms with Crippen LogP contribution in [-0.2, 0) is 21.7 Å². The Morgan fingerprint density at radius 1 is 1.10 bits per heavy atom. The van der Waals surface area contributed by atoms with Gasteiger partial charge in [0.2, 0.25) is 5.75 Å². The Bertz CT molecular complexity index is 951. The quantitative estimate of drug-likeness (QED) is 0.646. The lowest BCUT2D eigenvalue weighted by Crippen LogP contribution is -2.33. The smallest absolute Gasteiger partial charge is 0.411 e. The first-order valence-electron chi connectivity index (χ1n) is 9.52. The summed E-state index contributed by atoms with van der Waals surface area (Å²) in [5.41, 5.74) is 0.382. The number of ether oxygens (including phenoxy) is 5. The summed E-state index contributed by atoms with van der Waals surface area (Å²) < 4.78 is 27.7. The van der Waals surface area contributed by atoms with Crippen LogP contribution in [0.15, 0.2) is 36.4 Å². The lowest BCUT2D eigenvalue weighted by Gasteiger charge is -2.25. The van der Waals surface area contributed by atoms with Gasteiger partial charge >= 0.3 is 12.1 Å². The minimum atomic E-state index is -1.10. The number of hydrogen-bond acceptors (Lipinski definition) is 7. The van der Waals surface area contributed by atoms with E-state index in [4.69, 9.17) is 28.8 Å². The normalized spacial score (nSPS) is 17.8. The van der Waals surface area contributed by atoms with Gasteiger partial charge in [-0.1, -0.05) is 18.2 Å². The van der Waals surface area contributed by atoms with Crippen LogP contribution in [0.2, 0.25) is 0 Å². The van der Waals surface area contributed by atoms with Crippen molar-refractivity contribution in [1.82, 2.24) is 4.90 Å². The molecule has 1 N–H and O–H groups in total. The van der Waals surface area contributed by atoms with Gasteiger partial charge in [-0.3, -0.25) is 9.69 Å². The third-order valence-corrected chi connectivity index (χ3v) is 4.97. The van der Waals surface area contributed by atoms with Crippen LogP contribution in [0, 0.1) is 0 Å². The van der Waals surface area contributed by atoms with Gasteiger partial charge in [0.15, 0.2) is 17.1 Å². The van der Waals surface area contributed by atoms with Crippen molar-refractivity contribution in [3.8, 4) is 23.0 Å². The zero-order valence-corrected chi connectivity index (χ0v) is 17.8. The Kier molecular flexibility index (Phi) is 6.43. The number of carbonyl (C=O) groups excluding carboxylic acids is 1. The Morgan fingerprint density at radius 3 is 2.32 bits per heavy atom. The van der Waals surface area contributed by atoms with E-state index in [0.29, 0.717) is 28.6 Å². The van der Waals surface area contributed by atoms with Crippen molar-refractivity contribution in [3.05, 3.63) is 47.5 Å². The molecular formula is C22H25NO8. The molecule has 3 rings (SSSR count). The Balaban J connectivity index is 1.84. The van der Waals surface area contributed by atoms with Crippen LogP contribution < -0.4 is 18.9 Å². The summed E-state index contributed by atoms with van der Waals surface area (Å²) in [7, 11) is 4.61. The summed E-state index contributed by atoms with van der Waals surface area (Å²) in [4.78, 5) is 24.3. The molecule has 0 aliphatic carbocycles. The molecule has 1 unspecified atom stereocenters. The maximum Gasteiger partial charge on any atom is 0.411 e. The highest BCUT2D eigenvalue weighted by atomic mass is 16.6. The molecule has 2 aromatic rings. The largest absolute Gasteiger partial charge is 0.493 e. The Labute approximate surface area is 180 Å². The fourth-order valence-corrected chi connectivity index (χ4v) is 3.55. The van der Waals surface area contributed by atoms with Crippen molar-refractivity contribution in [1.29, 1.82) is 0 Å². The highest BCUT2D eigenvalue weighted by Crippen LogP contribution is 2.40. The number of rotatable bonds is 9. The Morgan fingerprint density at radius 2 is 1.74 bits per heavy atom. The van der Waals surface area contributed by atoms with Gasteiger partial charge in [-0.05, 0) is 30.7 Å². The van der Waals surface area contributed by atoms with Gasteiger partial charge in [0.1, 0.15) is 18.9 Å². The molecule has 1 atom stereocenters. The van der Waals surface area contributed by atoms with Crippen LogP contribution >= 0.6 is 0 Å². The number of carboxylic acids is 1. The van der Waals surface area contributed by atoms with Gasteiger partial charge in [0.05, 0.1) is 27.9 Å². The summed E-state index contributed by atoms with van der Waals surface area (Å²) in [5.74, 6) is 0.916. The number of aliphatic carboxylic acids is 1. The van der Waals surface area contributed by atoms with E-state index in [-0.39, 0.29) is 13.2 Å². The summed E-state index contributed by atoms with van der Waals surface area (Å²) in [5, 5.41) is 9.02. The summed E-state index contributed by atoms with van der Waals surface area (Å²) in [6.45, 7) is 1.59. The third kappa shape index (κ3) is 4.60. The van der Waals surface area contributed by atoms with Crippen molar-refractivity contribution in [2.75, 3.05) is 34.4 Å². The molecule has 1 saturated heterocycles. The molecule has 0 aromatic heterocycles. The molecule has 1 heterocycles. The van der Waals surface area contributed by atoms with Gasteiger partial charge < -0.3 is 28.8 Å². The highest BCUT2D eigenvalue weighted by molar-refractivity contribution is 5.78. The predicted octanol–water partition coefficient (Wildman–Crippen LogP) is 3.04. The molecule has 0 spiro atoms. The molecule has 0 radical (unpaired) electrons. The molecule has 9 nitrogen and oxygen atoms in total. The minimum Gasteiger partial charge on any atom is -0.493 e. The van der Waals surface area contributed by atoms with Crippen molar-refractivity contribution >= 4 is 12.1 Å². The minimum absolute atomic E-state index is 0.0999. The molecule has 166 valence electrons. The zero-order valence-electron chi connectivity index (χ0n) is 17.8. The SMILES string of the molecule is COc1cc(COc2ccccc2C2(C)CN(CC(=O)O)C(=O)O2)cc(OC)c1OC. The van der Waals surface area contributed by atoms with E-state index in [1.807, 2.05) is 6.07 Å². The summed E-state index contributed by atoms with van der Waals surface area (Å²) in [6.07, 6.45) is -0.677. The van der Waals surface area contributed by atoms with Crippen molar-refractivity contribution in [2.45, 2.75) is 19.1 Å². The maximum absolute atomic E-state index is 12.2. The van der Waals surface area contributed by atoms with Crippen LogP contribution in [0.3, 0.4) is 0 Å². The van der Waals surface area contributed by atoms with E-state index in [9.17, 15) is 9.59 Å². The number of carboxylic acid groups (broad SMARTS) is 1. The first-order valence-corrected chi connectivity index (χ1v) is 9.52. The average Bonchev–Trinajstić information content (AvgIpc) is 3.04. The lowest BCUT2D eigenvalue weighted by atomic mass is 9.95. The molecule has 1 aliphatic heterocycles. The molecule has 2 aromatic carbocycles. The van der Waals surface area contributed by atoms with Crippen LogP contribution in [0.25, 0.3) is 0 Å². The predicted molar refractivity (Wildman–Crippen MR) is 110 cm³/mol. The number of cyclic esters (lactones) is 1. The standard InChI is InChI=1S/C22H25NO8/c1-22(13-23(11-19(24)25)21(26)31-22)15-7-5-6-8-16(15)30-12-14-9-17(27-2)20(29-4)18(10-14)28-3/h5-10H,11-13H2,1-4H3,(H,24,25). The summed E-state index contributed by atoms with van der Waals surface area (Å²) >= 11 is 0. The van der Waals surface area contributed by atoms with E-state index in [1.165, 1.54) is 21.3 Å².